The summed E-state index contributed by atoms with van der Waals surface area (Å²) in [6, 6.07) is 17.7. The molecule has 0 bridgehead atoms. The van der Waals surface area contributed by atoms with Crippen molar-refractivity contribution in [2.45, 2.75) is 18.1 Å². The van der Waals surface area contributed by atoms with Crippen LogP contribution in [0.2, 0.25) is 0 Å². The Morgan fingerprint density at radius 2 is 1.81 bits per heavy atom. The van der Waals surface area contributed by atoms with E-state index in [1.54, 1.807) is 0 Å². The van der Waals surface area contributed by atoms with Crippen molar-refractivity contribution in [3.8, 4) is 0 Å². The lowest BCUT2D eigenvalue weighted by molar-refractivity contribution is 0.984. The molecule has 0 saturated carbocycles. The summed E-state index contributed by atoms with van der Waals surface area (Å²) >= 11 is 2.09. The fourth-order valence-corrected chi connectivity index (χ4v) is 4.53. The zero-order valence-corrected chi connectivity index (χ0v) is 12.6. The van der Waals surface area contributed by atoms with Crippen LogP contribution in [-0.2, 0) is 12.8 Å². The molecule has 4 rings (SSSR count). The topological polar surface area (TPSA) is 12.9 Å². The van der Waals surface area contributed by atoms with Gasteiger partial charge in [0.25, 0.3) is 0 Å². The number of hydrogen-bond acceptors (Lipinski definition) is 2. The summed E-state index contributed by atoms with van der Waals surface area (Å²) in [6.07, 6.45) is 6.06. The Hall–Kier alpha value is -1.80. The van der Waals surface area contributed by atoms with Gasteiger partial charge in [0.1, 0.15) is 0 Å². The normalized spacial score (nSPS) is 16.5. The Bertz CT molecular complexity index is 762. The summed E-state index contributed by atoms with van der Waals surface area (Å²) in [4.78, 5) is 4.08. The van der Waals surface area contributed by atoms with Crippen LogP contribution in [0.3, 0.4) is 0 Å². The number of nitrogens with zero attached hydrogens (tertiary/aromatic N) is 1. The molecule has 1 heterocycles. The third kappa shape index (κ3) is 2.44. The molecule has 3 aromatic rings. The molecule has 2 heteroatoms. The summed E-state index contributed by atoms with van der Waals surface area (Å²) in [6.45, 7) is 0. The molecule has 104 valence electrons. The van der Waals surface area contributed by atoms with Gasteiger partial charge in [0.15, 0.2) is 0 Å². The van der Waals surface area contributed by atoms with Crippen molar-refractivity contribution in [3.63, 3.8) is 0 Å². The van der Waals surface area contributed by atoms with Crippen molar-refractivity contribution in [2.24, 2.45) is 0 Å². The average Bonchev–Trinajstić information content (AvgIpc) is 2.89. The molecule has 1 nitrogen and oxygen atoms in total. The molecule has 1 aliphatic carbocycles. The fourth-order valence-electron chi connectivity index (χ4n) is 3.22. The number of benzene rings is 2. The number of hydrogen-bond donors (Lipinski definition) is 0. The molecule has 1 unspecified atom stereocenters. The Balaban J connectivity index is 1.50. The zero-order valence-electron chi connectivity index (χ0n) is 11.8. The third-order valence-corrected chi connectivity index (χ3v) is 5.50. The molecule has 0 radical (unpaired) electrons. The van der Waals surface area contributed by atoms with Crippen LogP contribution < -0.4 is 0 Å². The summed E-state index contributed by atoms with van der Waals surface area (Å²) in [5.41, 5.74) is 4.43. The average molecular weight is 291 g/mol. The van der Waals surface area contributed by atoms with E-state index in [0.717, 1.165) is 6.42 Å². The van der Waals surface area contributed by atoms with E-state index in [4.69, 9.17) is 0 Å². The maximum absolute atomic E-state index is 4.08. The predicted molar refractivity (Wildman–Crippen MR) is 90.8 cm³/mol. The van der Waals surface area contributed by atoms with Crippen molar-refractivity contribution in [2.75, 3.05) is 5.75 Å². The second-order valence-corrected chi connectivity index (χ2v) is 6.84. The minimum Gasteiger partial charge on any atom is -0.265 e. The molecule has 21 heavy (non-hydrogen) atoms. The Kier molecular flexibility index (Phi) is 3.40. The van der Waals surface area contributed by atoms with Gasteiger partial charge in [-0.15, -0.1) is 0 Å². The number of aromatic nitrogens is 1. The van der Waals surface area contributed by atoms with Crippen LogP contribution in [0.1, 0.15) is 21.9 Å². The smallest absolute Gasteiger partial charge is 0.0344 e. The molecule has 1 aliphatic rings. The van der Waals surface area contributed by atoms with Crippen LogP contribution in [-0.4, -0.2) is 10.7 Å². The van der Waals surface area contributed by atoms with E-state index in [0.29, 0.717) is 5.25 Å². The van der Waals surface area contributed by atoms with E-state index in [1.807, 2.05) is 12.4 Å². The predicted octanol–water partition coefficient (Wildman–Crippen LogP) is 4.81. The minimum absolute atomic E-state index is 0.618. The van der Waals surface area contributed by atoms with Crippen LogP contribution in [0.25, 0.3) is 10.8 Å². The highest BCUT2D eigenvalue weighted by Gasteiger charge is 2.23. The summed E-state index contributed by atoms with van der Waals surface area (Å²) in [5, 5.41) is 3.51. The van der Waals surface area contributed by atoms with E-state index in [1.165, 1.54) is 39.6 Å². The largest absolute Gasteiger partial charge is 0.265 e. The van der Waals surface area contributed by atoms with Crippen molar-refractivity contribution in [1.82, 2.24) is 4.98 Å². The van der Waals surface area contributed by atoms with Gasteiger partial charge in [0.05, 0.1) is 0 Å². The maximum Gasteiger partial charge on any atom is 0.0344 e. The maximum atomic E-state index is 4.08. The van der Waals surface area contributed by atoms with Crippen LogP contribution in [0.4, 0.5) is 0 Å². The zero-order chi connectivity index (χ0) is 14.1. The van der Waals surface area contributed by atoms with Gasteiger partial charge >= 0.3 is 0 Å². The standard InChI is InChI=1S/C19H17NS/c1-3-15-4-2-6-17-18(13-16(5-1)19(15)17)21-12-9-14-7-10-20-11-8-14/h1-8,10-11,18H,9,12-13H2. The molecule has 0 amide bonds. The second kappa shape index (κ2) is 5.53. The first-order valence-corrected chi connectivity index (χ1v) is 8.48. The molecule has 0 aliphatic heterocycles. The molecule has 2 aromatic carbocycles. The van der Waals surface area contributed by atoms with Gasteiger partial charge in [-0.2, -0.15) is 11.8 Å². The molecular formula is C19H17NS. The molecule has 1 atom stereocenters. The number of aryl methyl sites for hydroxylation is 1. The molecule has 0 fully saturated rings. The van der Waals surface area contributed by atoms with Crippen molar-refractivity contribution in [3.05, 3.63) is 77.6 Å². The van der Waals surface area contributed by atoms with Crippen LogP contribution in [0, 0.1) is 0 Å². The second-order valence-electron chi connectivity index (χ2n) is 5.53. The first kappa shape index (κ1) is 12.9. The monoisotopic (exact) mass is 291 g/mol. The summed E-state index contributed by atoms with van der Waals surface area (Å²) < 4.78 is 0. The number of rotatable bonds is 4. The van der Waals surface area contributed by atoms with E-state index in [9.17, 15) is 0 Å². The fraction of sp³-hybridized carbons (Fsp3) is 0.211. The van der Waals surface area contributed by atoms with E-state index < -0.39 is 0 Å². The van der Waals surface area contributed by atoms with Crippen LogP contribution in [0.15, 0.2) is 60.9 Å². The van der Waals surface area contributed by atoms with Gasteiger partial charge in [0, 0.05) is 17.6 Å². The summed E-state index contributed by atoms with van der Waals surface area (Å²) in [7, 11) is 0. The lowest BCUT2D eigenvalue weighted by Gasteiger charge is -2.11. The van der Waals surface area contributed by atoms with Crippen molar-refractivity contribution < 1.29 is 0 Å². The highest BCUT2D eigenvalue weighted by molar-refractivity contribution is 7.99. The SMILES string of the molecule is c1cc2c3c(cccc3c1)C(SCCc1ccncc1)C2. The Morgan fingerprint density at radius 3 is 2.67 bits per heavy atom. The van der Waals surface area contributed by atoms with Gasteiger partial charge in [0.2, 0.25) is 0 Å². The van der Waals surface area contributed by atoms with Gasteiger partial charge in [-0.1, -0.05) is 36.4 Å². The lowest BCUT2D eigenvalue weighted by Crippen LogP contribution is -1.95. The van der Waals surface area contributed by atoms with Crippen LogP contribution in [0.5, 0.6) is 0 Å². The van der Waals surface area contributed by atoms with Gasteiger partial charge in [-0.3, -0.25) is 4.98 Å². The Morgan fingerprint density at radius 1 is 1.00 bits per heavy atom. The molecule has 0 saturated heterocycles. The van der Waals surface area contributed by atoms with Gasteiger partial charge in [-0.25, -0.2) is 0 Å². The van der Waals surface area contributed by atoms with E-state index in [2.05, 4.69) is 65.3 Å². The molecule has 0 N–H and O–H groups in total. The van der Waals surface area contributed by atoms with E-state index in [-0.39, 0.29) is 0 Å². The molecular weight excluding hydrogens is 274 g/mol. The van der Waals surface area contributed by atoms with Crippen molar-refractivity contribution in [1.29, 1.82) is 0 Å². The van der Waals surface area contributed by atoms with E-state index >= 15 is 0 Å². The lowest BCUT2D eigenvalue weighted by atomic mass is 10.1. The highest BCUT2D eigenvalue weighted by Crippen LogP contribution is 2.44. The number of thioether (sulfide) groups is 1. The molecule has 1 aromatic heterocycles. The Labute approximate surface area is 129 Å². The number of pyridine rings is 1. The van der Waals surface area contributed by atoms with Crippen LogP contribution >= 0.6 is 11.8 Å². The first-order valence-electron chi connectivity index (χ1n) is 7.43. The van der Waals surface area contributed by atoms with Crippen molar-refractivity contribution >= 4 is 22.5 Å². The van der Waals surface area contributed by atoms with Gasteiger partial charge in [-0.05, 0) is 58.2 Å². The third-order valence-electron chi connectivity index (χ3n) is 4.23. The minimum atomic E-state index is 0.618. The highest BCUT2D eigenvalue weighted by atomic mass is 32.2. The molecule has 0 spiro atoms. The summed E-state index contributed by atoms with van der Waals surface area (Å²) in [5.74, 6) is 1.17. The quantitative estimate of drug-likeness (QED) is 0.684. The van der Waals surface area contributed by atoms with Gasteiger partial charge < -0.3 is 0 Å². The first-order chi connectivity index (χ1) is 10.4.